The lowest BCUT2D eigenvalue weighted by atomic mass is 9.81. The predicted octanol–water partition coefficient (Wildman–Crippen LogP) is 11.5. The smallest absolute Gasteiger partial charge is 0.165 e. The molecule has 226 valence electrons. The largest absolute Gasteiger partial charge is 0.291 e. The molecule has 0 atom stereocenters. The molecule has 3 heteroatoms. The van der Waals surface area contributed by atoms with Crippen molar-refractivity contribution in [1.29, 1.82) is 0 Å². The molecule has 0 saturated carbocycles. The van der Waals surface area contributed by atoms with Gasteiger partial charge in [0.05, 0.1) is 22.1 Å². The Hall–Kier alpha value is -6.06. The summed E-state index contributed by atoms with van der Waals surface area (Å²) in [6.45, 7) is 4.73. The van der Waals surface area contributed by atoms with Gasteiger partial charge in [0.1, 0.15) is 5.69 Å². The Morgan fingerprint density at radius 3 is 2.06 bits per heavy atom. The highest BCUT2D eigenvalue weighted by atomic mass is 15.1. The molecule has 9 aromatic rings. The van der Waals surface area contributed by atoms with E-state index in [0.717, 1.165) is 39.1 Å². The topological polar surface area (TPSA) is 30.7 Å². The maximum Gasteiger partial charge on any atom is 0.165 e. The quantitative estimate of drug-likeness (QED) is 0.198. The zero-order valence-electron chi connectivity index (χ0n) is 26.8. The molecule has 7 aromatic carbocycles. The number of aromatic nitrogens is 3. The van der Waals surface area contributed by atoms with Crippen LogP contribution in [0.5, 0.6) is 0 Å². The number of para-hydroxylation sites is 4. The zero-order valence-corrected chi connectivity index (χ0v) is 26.8. The highest BCUT2D eigenvalue weighted by molar-refractivity contribution is 6.14. The van der Waals surface area contributed by atoms with Crippen molar-refractivity contribution in [1.82, 2.24) is 14.5 Å². The first kappa shape index (κ1) is 27.1. The molecule has 0 unspecified atom stereocenters. The van der Waals surface area contributed by atoms with Crippen molar-refractivity contribution in [3.05, 3.63) is 163 Å². The van der Waals surface area contributed by atoms with Gasteiger partial charge < -0.3 is 0 Å². The van der Waals surface area contributed by atoms with Crippen molar-refractivity contribution < 1.29 is 0 Å². The Balaban J connectivity index is 1.28. The van der Waals surface area contributed by atoms with Crippen LogP contribution in [0.3, 0.4) is 0 Å². The van der Waals surface area contributed by atoms with Crippen LogP contribution in [0.2, 0.25) is 0 Å². The lowest BCUT2D eigenvalue weighted by molar-refractivity contribution is 0.661. The summed E-state index contributed by atoms with van der Waals surface area (Å²) in [5.74, 6) is 0.832. The summed E-state index contributed by atoms with van der Waals surface area (Å²) in [5, 5.41) is 5.00. The van der Waals surface area contributed by atoms with E-state index in [1.165, 1.54) is 54.9 Å². The Bertz CT molecular complexity index is 2750. The van der Waals surface area contributed by atoms with E-state index in [0.29, 0.717) is 0 Å². The molecular weight excluding hydrogens is 583 g/mol. The molecule has 1 aliphatic rings. The van der Waals surface area contributed by atoms with Crippen molar-refractivity contribution in [2.24, 2.45) is 0 Å². The van der Waals surface area contributed by atoms with Gasteiger partial charge in [-0.05, 0) is 62.9 Å². The Kier molecular flexibility index (Phi) is 5.63. The Morgan fingerprint density at radius 2 is 1.21 bits per heavy atom. The molecule has 0 N–H and O–H groups in total. The van der Waals surface area contributed by atoms with Crippen LogP contribution in [-0.4, -0.2) is 14.5 Å². The average Bonchev–Trinajstić information content (AvgIpc) is 3.60. The average molecular weight is 614 g/mol. The highest BCUT2D eigenvalue weighted by Crippen LogP contribution is 2.52. The van der Waals surface area contributed by atoms with Crippen molar-refractivity contribution in [2.45, 2.75) is 19.3 Å². The molecule has 0 spiro atoms. The standard InChI is InChI=1S/C45H31N3/c1-45(2)36-26-24-28-13-6-7-16-31(28)41(36)35-25-23-30(27-37(35)45)32-18-12-19-34-33-17-8-11-22-40(33)48(43(32)34)44-42(29-14-4-3-5-15-29)46-38-20-9-10-21-39(38)47-44/h3-27H,1-2H3. The fourth-order valence-electron chi connectivity index (χ4n) is 8.08. The lowest BCUT2D eigenvalue weighted by Gasteiger charge is -2.22. The first-order chi connectivity index (χ1) is 23.6. The summed E-state index contributed by atoms with van der Waals surface area (Å²) < 4.78 is 2.35. The van der Waals surface area contributed by atoms with Crippen LogP contribution in [0.1, 0.15) is 25.0 Å². The minimum Gasteiger partial charge on any atom is -0.291 e. The second-order valence-corrected chi connectivity index (χ2v) is 13.4. The summed E-state index contributed by atoms with van der Waals surface area (Å²) in [5.41, 5.74) is 13.6. The summed E-state index contributed by atoms with van der Waals surface area (Å²) >= 11 is 0. The predicted molar refractivity (Wildman–Crippen MR) is 200 cm³/mol. The summed E-state index contributed by atoms with van der Waals surface area (Å²) in [4.78, 5) is 10.6. The molecule has 0 radical (unpaired) electrons. The van der Waals surface area contributed by atoms with Gasteiger partial charge in [-0.3, -0.25) is 4.57 Å². The van der Waals surface area contributed by atoms with Crippen molar-refractivity contribution in [3.8, 4) is 39.3 Å². The van der Waals surface area contributed by atoms with Crippen LogP contribution >= 0.6 is 0 Å². The van der Waals surface area contributed by atoms with E-state index in [9.17, 15) is 0 Å². The van der Waals surface area contributed by atoms with Gasteiger partial charge in [0, 0.05) is 27.3 Å². The second-order valence-electron chi connectivity index (χ2n) is 13.4. The van der Waals surface area contributed by atoms with Gasteiger partial charge in [-0.25, -0.2) is 9.97 Å². The van der Waals surface area contributed by atoms with E-state index in [-0.39, 0.29) is 5.41 Å². The summed E-state index contributed by atoms with van der Waals surface area (Å²) in [6.07, 6.45) is 0. The van der Waals surface area contributed by atoms with Crippen LogP contribution in [0, 0.1) is 0 Å². The Labute approximate surface area is 278 Å². The fraction of sp³-hybridized carbons (Fsp3) is 0.0667. The van der Waals surface area contributed by atoms with Crippen LogP contribution in [0.15, 0.2) is 152 Å². The highest BCUT2D eigenvalue weighted by Gasteiger charge is 2.36. The molecule has 0 aliphatic heterocycles. The monoisotopic (exact) mass is 613 g/mol. The molecule has 0 fully saturated rings. The SMILES string of the molecule is CC1(C)c2cc(-c3cccc4c5ccccc5n(-c5nc6ccccc6nc5-c5ccccc5)c34)ccc2-c2c1ccc1ccccc21. The van der Waals surface area contributed by atoms with Crippen LogP contribution in [-0.2, 0) is 5.41 Å². The molecule has 0 bridgehead atoms. The summed E-state index contributed by atoms with van der Waals surface area (Å²) in [6, 6.07) is 54.4. The van der Waals surface area contributed by atoms with E-state index in [2.05, 4.69) is 146 Å². The van der Waals surface area contributed by atoms with Gasteiger partial charge in [-0.2, -0.15) is 0 Å². The van der Waals surface area contributed by atoms with E-state index >= 15 is 0 Å². The molecule has 10 rings (SSSR count). The third-order valence-electron chi connectivity index (χ3n) is 10.4. The van der Waals surface area contributed by atoms with Gasteiger partial charge in [-0.15, -0.1) is 0 Å². The van der Waals surface area contributed by atoms with Gasteiger partial charge in [0.2, 0.25) is 0 Å². The normalized spacial score (nSPS) is 13.4. The number of hydrogen-bond donors (Lipinski definition) is 0. The number of rotatable bonds is 3. The maximum absolute atomic E-state index is 5.37. The minimum absolute atomic E-state index is 0.129. The number of nitrogens with zero attached hydrogens (tertiary/aromatic N) is 3. The van der Waals surface area contributed by atoms with E-state index in [1.54, 1.807) is 0 Å². The first-order valence-corrected chi connectivity index (χ1v) is 16.6. The van der Waals surface area contributed by atoms with Crippen LogP contribution in [0.25, 0.3) is 82.9 Å². The first-order valence-electron chi connectivity index (χ1n) is 16.6. The van der Waals surface area contributed by atoms with Gasteiger partial charge in [0.25, 0.3) is 0 Å². The van der Waals surface area contributed by atoms with E-state index in [1.807, 2.05) is 24.3 Å². The van der Waals surface area contributed by atoms with Crippen molar-refractivity contribution in [3.63, 3.8) is 0 Å². The van der Waals surface area contributed by atoms with E-state index in [4.69, 9.17) is 9.97 Å². The van der Waals surface area contributed by atoms with Crippen LogP contribution in [0.4, 0.5) is 0 Å². The number of hydrogen-bond acceptors (Lipinski definition) is 2. The molecule has 3 nitrogen and oxygen atoms in total. The third-order valence-corrected chi connectivity index (χ3v) is 10.4. The molecule has 0 saturated heterocycles. The second kappa shape index (κ2) is 9.97. The van der Waals surface area contributed by atoms with Gasteiger partial charge in [0.15, 0.2) is 5.82 Å². The molecule has 1 aliphatic carbocycles. The molecular formula is C45H31N3. The molecule has 0 amide bonds. The third kappa shape index (κ3) is 3.76. The molecule has 2 aromatic heterocycles. The molecule has 2 heterocycles. The van der Waals surface area contributed by atoms with Gasteiger partial charge in [-0.1, -0.05) is 141 Å². The Morgan fingerprint density at radius 1 is 0.500 bits per heavy atom. The van der Waals surface area contributed by atoms with Gasteiger partial charge >= 0.3 is 0 Å². The zero-order chi connectivity index (χ0) is 32.0. The molecule has 48 heavy (non-hydrogen) atoms. The fourth-order valence-corrected chi connectivity index (χ4v) is 8.08. The number of benzene rings is 7. The van der Waals surface area contributed by atoms with E-state index < -0.39 is 0 Å². The maximum atomic E-state index is 5.37. The summed E-state index contributed by atoms with van der Waals surface area (Å²) in [7, 11) is 0. The van der Waals surface area contributed by atoms with Crippen molar-refractivity contribution in [2.75, 3.05) is 0 Å². The number of fused-ring (bicyclic) bond motifs is 9. The van der Waals surface area contributed by atoms with Crippen LogP contribution < -0.4 is 0 Å². The minimum atomic E-state index is -0.129. The lowest BCUT2D eigenvalue weighted by Crippen LogP contribution is -2.15. The van der Waals surface area contributed by atoms with Crippen molar-refractivity contribution >= 4 is 43.6 Å².